The summed E-state index contributed by atoms with van der Waals surface area (Å²) in [7, 11) is 1.87. The van der Waals surface area contributed by atoms with Gasteiger partial charge in [-0.1, -0.05) is 51.1 Å². The van der Waals surface area contributed by atoms with Crippen LogP contribution in [0.1, 0.15) is 55.7 Å². The van der Waals surface area contributed by atoms with E-state index in [4.69, 9.17) is 4.98 Å². The van der Waals surface area contributed by atoms with Gasteiger partial charge in [0.15, 0.2) is 0 Å². The first kappa shape index (κ1) is 24.1. The van der Waals surface area contributed by atoms with E-state index in [9.17, 15) is 9.90 Å². The number of hydrogen-bond donors (Lipinski definition) is 1. The predicted octanol–water partition coefficient (Wildman–Crippen LogP) is 5.55. The Balaban J connectivity index is 1.36. The second kappa shape index (κ2) is 9.47. The molecule has 2 heterocycles. The number of thiazole rings is 1. The van der Waals surface area contributed by atoms with E-state index in [0.29, 0.717) is 6.54 Å². The van der Waals surface area contributed by atoms with Gasteiger partial charge in [-0.25, -0.2) is 4.98 Å². The summed E-state index contributed by atoms with van der Waals surface area (Å²) in [5.74, 6) is 0.0792. The number of carbonyl (C=O) groups excluding carboxylic acids is 1. The minimum atomic E-state index is -0.524. The highest BCUT2D eigenvalue weighted by Gasteiger charge is 2.54. The Labute approximate surface area is 212 Å². The van der Waals surface area contributed by atoms with Crippen molar-refractivity contribution in [3.05, 3.63) is 71.0 Å². The first-order chi connectivity index (χ1) is 16.8. The van der Waals surface area contributed by atoms with Gasteiger partial charge in [0.25, 0.3) is 0 Å². The van der Waals surface area contributed by atoms with E-state index < -0.39 is 6.10 Å². The molecule has 1 N–H and O–H groups in total. The number of fused-ring (bicyclic) bond motifs is 2. The fourth-order valence-corrected chi connectivity index (χ4v) is 7.98. The third kappa shape index (κ3) is 4.43. The summed E-state index contributed by atoms with van der Waals surface area (Å²) in [6, 6.07) is 14.1. The number of pyridine rings is 1. The summed E-state index contributed by atoms with van der Waals surface area (Å²) in [4.78, 5) is 25.8. The molecular weight excluding hydrogens is 454 g/mol. The molecule has 1 amide bonds. The van der Waals surface area contributed by atoms with Gasteiger partial charge < -0.3 is 10.0 Å². The van der Waals surface area contributed by atoms with Crippen molar-refractivity contribution in [3.63, 3.8) is 0 Å². The topological polar surface area (TPSA) is 66.3 Å². The lowest BCUT2D eigenvalue weighted by molar-refractivity contribution is -0.144. The average molecular weight is 490 g/mol. The lowest BCUT2D eigenvalue weighted by Crippen LogP contribution is -2.53. The zero-order chi connectivity index (χ0) is 24.7. The van der Waals surface area contributed by atoms with Gasteiger partial charge in [0.2, 0.25) is 5.91 Å². The molecule has 0 spiro atoms. The maximum Gasteiger partial charge on any atom is 0.225 e. The van der Waals surface area contributed by atoms with Crippen LogP contribution in [0.4, 0.5) is 0 Å². The van der Waals surface area contributed by atoms with E-state index in [1.165, 1.54) is 4.88 Å². The van der Waals surface area contributed by atoms with Crippen LogP contribution >= 0.6 is 11.3 Å². The minimum absolute atomic E-state index is 0.0137. The normalized spacial score (nSPS) is 28.6. The van der Waals surface area contributed by atoms with Crippen molar-refractivity contribution >= 4 is 17.2 Å². The summed E-state index contributed by atoms with van der Waals surface area (Å²) in [6.07, 6.45) is 5.96. The number of rotatable bonds is 5. The van der Waals surface area contributed by atoms with Crippen LogP contribution in [0.5, 0.6) is 0 Å². The number of carbonyl (C=O) groups is 1. The standard InChI is InChI=1S/C29H35N3O2S/c1-18(28(34)32(4)17-20-9-6-5-7-10-20)22-12-13-29(3)15-23-25(19(2)24(29)26(22)33)31-27(35-23)21-11-8-14-30-16-21/h5-11,14,16,18-19,22,24,26,33H,12-13,15,17H2,1-4H3/t18-,19+,22-,24+,26-,29+/m0/s1. The minimum Gasteiger partial charge on any atom is -0.392 e. The van der Waals surface area contributed by atoms with Crippen molar-refractivity contribution in [1.82, 2.24) is 14.9 Å². The van der Waals surface area contributed by atoms with Gasteiger partial charge in [0.1, 0.15) is 5.01 Å². The molecule has 35 heavy (non-hydrogen) atoms. The summed E-state index contributed by atoms with van der Waals surface area (Å²) < 4.78 is 0. The zero-order valence-electron chi connectivity index (χ0n) is 21.0. The molecule has 1 saturated carbocycles. The van der Waals surface area contributed by atoms with Crippen LogP contribution in [-0.4, -0.2) is 39.0 Å². The number of hydrogen-bond acceptors (Lipinski definition) is 5. The molecule has 6 atom stereocenters. The van der Waals surface area contributed by atoms with Gasteiger partial charge >= 0.3 is 0 Å². The molecule has 3 aromatic rings. The smallest absolute Gasteiger partial charge is 0.225 e. The lowest BCUT2D eigenvalue weighted by Gasteiger charge is -2.53. The Hall–Kier alpha value is -2.57. The molecular formula is C29H35N3O2S. The van der Waals surface area contributed by atoms with Gasteiger partial charge in [-0.05, 0) is 54.2 Å². The number of aliphatic hydroxyl groups excluding tert-OH is 1. The molecule has 1 fully saturated rings. The number of nitrogens with zero attached hydrogens (tertiary/aromatic N) is 3. The number of aromatic nitrogens is 2. The highest BCUT2D eigenvalue weighted by atomic mass is 32.1. The first-order valence-corrected chi connectivity index (χ1v) is 13.5. The molecule has 0 unspecified atom stereocenters. The van der Waals surface area contributed by atoms with Crippen LogP contribution in [0.3, 0.4) is 0 Å². The largest absolute Gasteiger partial charge is 0.392 e. The van der Waals surface area contributed by atoms with Crippen LogP contribution in [0.15, 0.2) is 54.9 Å². The van der Waals surface area contributed by atoms with E-state index >= 15 is 0 Å². The molecule has 0 bridgehead atoms. The maximum atomic E-state index is 13.4. The maximum absolute atomic E-state index is 13.4. The molecule has 0 aliphatic heterocycles. The SMILES string of the molecule is C[C@H](C(=O)N(C)Cc1ccccc1)[C@@H]1CC[C@]2(C)Cc3sc(-c4cccnc4)nc3[C@H](C)[C@@H]2[C@H]1O. The van der Waals surface area contributed by atoms with Crippen molar-refractivity contribution in [1.29, 1.82) is 0 Å². The van der Waals surface area contributed by atoms with Gasteiger partial charge in [-0.2, -0.15) is 0 Å². The Bertz CT molecular complexity index is 1180. The molecule has 184 valence electrons. The fourth-order valence-electron chi connectivity index (χ4n) is 6.63. The lowest BCUT2D eigenvalue weighted by atomic mass is 9.53. The quantitative estimate of drug-likeness (QED) is 0.510. The van der Waals surface area contributed by atoms with Gasteiger partial charge in [-0.15, -0.1) is 11.3 Å². The third-order valence-corrected chi connectivity index (χ3v) is 9.62. The Morgan fingerprint density at radius 2 is 2.03 bits per heavy atom. The molecule has 5 nitrogen and oxygen atoms in total. The molecule has 5 rings (SSSR count). The van der Waals surface area contributed by atoms with Crippen molar-refractivity contribution in [2.45, 2.75) is 58.6 Å². The number of benzene rings is 1. The molecule has 2 aliphatic rings. The molecule has 6 heteroatoms. The first-order valence-electron chi connectivity index (χ1n) is 12.7. The Morgan fingerprint density at radius 1 is 1.26 bits per heavy atom. The third-order valence-electron chi connectivity index (χ3n) is 8.50. The highest BCUT2D eigenvalue weighted by molar-refractivity contribution is 7.15. The second-order valence-electron chi connectivity index (χ2n) is 10.9. The molecule has 0 radical (unpaired) electrons. The molecule has 2 aromatic heterocycles. The van der Waals surface area contributed by atoms with Gasteiger partial charge in [0, 0.05) is 48.3 Å². The Morgan fingerprint density at radius 3 is 2.74 bits per heavy atom. The van der Waals surface area contributed by atoms with E-state index in [0.717, 1.165) is 41.1 Å². The van der Waals surface area contributed by atoms with E-state index in [2.05, 4.69) is 24.9 Å². The molecule has 0 saturated heterocycles. The van der Waals surface area contributed by atoms with Crippen LogP contribution in [-0.2, 0) is 17.8 Å². The van der Waals surface area contributed by atoms with Crippen LogP contribution in [0.25, 0.3) is 10.6 Å². The monoisotopic (exact) mass is 489 g/mol. The van der Waals surface area contributed by atoms with E-state index in [1.54, 1.807) is 17.5 Å². The van der Waals surface area contributed by atoms with E-state index in [1.807, 2.05) is 61.5 Å². The van der Waals surface area contributed by atoms with Crippen molar-refractivity contribution in [2.75, 3.05) is 7.05 Å². The molecule has 2 aliphatic carbocycles. The van der Waals surface area contributed by atoms with Crippen molar-refractivity contribution in [2.24, 2.45) is 23.2 Å². The van der Waals surface area contributed by atoms with Gasteiger partial charge in [-0.3, -0.25) is 9.78 Å². The van der Waals surface area contributed by atoms with Crippen LogP contribution < -0.4 is 0 Å². The predicted molar refractivity (Wildman–Crippen MR) is 140 cm³/mol. The van der Waals surface area contributed by atoms with Crippen LogP contribution in [0, 0.1) is 23.2 Å². The van der Waals surface area contributed by atoms with Gasteiger partial charge in [0.05, 0.1) is 11.8 Å². The summed E-state index contributed by atoms with van der Waals surface area (Å²) in [6.45, 7) is 7.13. The highest BCUT2D eigenvalue weighted by Crippen LogP contribution is 2.57. The summed E-state index contributed by atoms with van der Waals surface area (Å²) in [5, 5.41) is 12.7. The number of aliphatic hydroxyl groups is 1. The van der Waals surface area contributed by atoms with E-state index in [-0.39, 0.29) is 35.0 Å². The second-order valence-corrected chi connectivity index (χ2v) is 12.0. The van der Waals surface area contributed by atoms with Crippen molar-refractivity contribution < 1.29 is 9.90 Å². The Kier molecular flexibility index (Phi) is 6.53. The molecule has 1 aromatic carbocycles. The van der Waals surface area contributed by atoms with Crippen LogP contribution in [0.2, 0.25) is 0 Å². The summed E-state index contributed by atoms with van der Waals surface area (Å²) in [5.41, 5.74) is 3.30. The fraction of sp³-hybridized carbons (Fsp3) is 0.483. The average Bonchev–Trinajstić information content (AvgIpc) is 3.28. The summed E-state index contributed by atoms with van der Waals surface area (Å²) >= 11 is 1.77. The zero-order valence-corrected chi connectivity index (χ0v) is 21.8. The van der Waals surface area contributed by atoms with Crippen molar-refractivity contribution in [3.8, 4) is 10.6 Å². The number of amides is 1.